The highest BCUT2D eigenvalue weighted by Gasteiger charge is 2.27. The Balaban J connectivity index is 2.50. The zero-order valence-electron chi connectivity index (χ0n) is 8.20. The topological polar surface area (TPSA) is 64.6 Å². The highest BCUT2D eigenvalue weighted by molar-refractivity contribution is 5.92. The molecule has 5 nitrogen and oxygen atoms in total. The maximum Gasteiger partial charge on any atom is 0.308 e. The van der Waals surface area contributed by atoms with Crippen molar-refractivity contribution >= 4 is 11.9 Å². The van der Waals surface area contributed by atoms with Crippen LogP contribution in [-0.2, 0) is 19.1 Å². The number of nitrogens with one attached hydrogen (secondary N) is 1. The van der Waals surface area contributed by atoms with Gasteiger partial charge in [0.1, 0.15) is 5.76 Å². The number of hydrogen-bond donors (Lipinski definition) is 1. The first kappa shape index (κ1) is 10.6. The minimum atomic E-state index is -0.383. The third kappa shape index (κ3) is 2.48. The fraction of sp³-hybridized carbons (Fsp3) is 0.556. The molecule has 1 amide bonds. The Morgan fingerprint density at radius 2 is 2.36 bits per heavy atom. The molecule has 0 fully saturated rings. The Labute approximate surface area is 82.1 Å². The van der Waals surface area contributed by atoms with Crippen LogP contribution in [0, 0.1) is 0 Å². The number of methoxy groups -OCH3 is 1. The number of esters is 1. The Bertz CT molecular complexity index is 272. The fourth-order valence-corrected chi connectivity index (χ4v) is 1.25. The number of carbonyl (C=O) groups excluding carboxylic acids is 2. The summed E-state index contributed by atoms with van der Waals surface area (Å²) in [4.78, 5) is 22.1. The van der Waals surface area contributed by atoms with Gasteiger partial charge in [0.05, 0.1) is 26.2 Å². The molecule has 5 heteroatoms. The first-order chi connectivity index (χ1) is 6.67. The number of hydrogen-bond acceptors (Lipinski definition) is 4. The predicted molar refractivity (Wildman–Crippen MR) is 48.3 cm³/mol. The van der Waals surface area contributed by atoms with Crippen molar-refractivity contribution in [2.75, 3.05) is 13.7 Å². The summed E-state index contributed by atoms with van der Waals surface area (Å²) >= 11 is 0. The number of amides is 1. The first-order valence-corrected chi connectivity index (χ1v) is 4.39. The van der Waals surface area contributed by atoms with Crippen LogP contribution in [0.15, 0.2) is 11.8 Å². The molecule has 0 saturated carbocycles. The molecule has 1 aliphatic heterocycles. The Morgan fingerprint density at radius 1 is 1.64 bits per heavy atom. The van der Waals surface area contributed by atoms with Crippen LogP contribution in [0.4, 0.5) is 0 Å². The van der Waals surface area contributed by atoms with Gasteiger partial charge in [0, 0.05) is 6.08 Å². The lowest BCUT2D eigenvalue weighted by molar-refractivity contribution is -0.143. The van der Waals surface area contributed by atoms with Crippen molar-refractivity contribution in [1.82, 2.24) is 5.32 Å². The molecule has 0 aromatic heterocycles. The summed E-state index contributed by atoms with van der Waals surface area (Å²) in [6, 6.07) is -0.383. The van der Waals surface area contributed by atoms with Crippen molar-refractivity contribution in [1.29, 1.82) is 0 Å². The number of carbonyl (C=O) groups is 2. The molecule has 78 valence electrons. The second-order valence-electron chi connectivity index (χ2n) is 2.82. The molecule has 0 aromatic carbocycles. The van der Waals surface area contributed by atoms with Crippen LogP contribution in [0.25, 0.3) is 0 Å². The Hall–Kier alpha value is -1.52. The van der Waals surface area contributed by atoms with Gasteiger partial charge in [0.15, 0.2) is 0 Å². The average Bonchev–Trinajstić information content (AvgIpc) is 2.46. The van der Waals surface area contributed by atoms with Gasteiger partial charge in [-0.15, -0.1) is 0 Å². The summed E-state index contributed by atoms with van der Waals surface area (Å²) in [5.74, 6) is -0.109. The Kier molecular flexibility index (Phi) is 3.50. The molecular formula is C9H13NO4. The van der Waals surface area contributed by atoms with Crippen molar-refractivity contribution < 1.29 is 19.1 Å². The maximum absolute atomic E-state index is 11.1. The lowest BCUT2D eigenvalue weighted by atomic mass is 10.2. The molecule has 0 spiro atoms. The molecule has 1 atom stereocenters. The second-order valence-corrected chi connectivity index (χ2v) is 2.82. The molecule has 14 heavy (non-hydrogen) atoms. The van der Waals surface area contributed by atoms with Crippen molar-refractivity contribution in [3.63, 3.8) is 0 Å². The Morgan fingerprint density at radius 3 is 2.93 bits per heavy atom. The van der Waals surface area contributed by atoms with E-state index in [9.17, 15) is 9.59 Å². The fourth-order valence-electron chi connectivity index (χ4n) is 1.25. The van der Waals surface area contributed by atoms with Crippen LogP contribution >= 0.6 is 0 Å². The minimum absolute atomic E-state index is 0.110. The molecule has 1 aliphatic rings. The minimum Gasteiger partial charge on any atom is -0.499 e. The summed E-state index contributed by atoms with van der Waals surface area (Å²) in [5.41, 5.74) is 0. The molecule has 0 saturated heterocycles. The van der Waals surface area contributed by atoms with Crippen molar-refractivity contribution in [3.05, 3.63) is 11.8 Å². The summed E-state index contributed by atoms with van der Waals surface area (Å²) in [6.07, 6.45) is 1.45. The van der Waals surface area contributed by atoms with Crippen LogP contribution in [0.2, 0.25) is 0 Å². The predicted octanol–water partition coefficient (Wildman–Crippen LogP) is -0.0317. The molecule has 0 radical (unpaired) electrons. The van der Waals surface area contributed by atoms with E-state index in [4.69, 9.17) is 9.47 Å². The van der Waals surface area contributed by atoms with Crippen molar-refractivity contribution in [2.24, 2.45) is 0 Å². The van der Waals surface area contributed by atoms with Gasteiger partial charge >= 0.3 is 5.97 Å². The number of rotatable bonds is 4. The van der Waals surface area contributed by atoms with E-state index in [1.807, 2.05) is 0 Å². The van der Waals surface area contributed by atoms with E-state index in [0.717, 1.165) is 0 Å². The van der Waals surface area contributed by atoms with E-state index < -0.39 is 0 Å². The van der Waals surface area contributed by atoms with Crippen LogP contribution in [0.1, 0.15) is 13.3 Å². The van der Waals surface area contributed by atoms with Gasteiger partial charge in [-0.3, -0.25) is 9.59 Å². The molecule has 0 aliphatic carbocycles. The van der Waals surface area contributed by atoms with Crippen LogP contribution in [0.3, 0.4) is 0 Å². The lowest BCUT2D eigenvalue weighted by Crippen LogP contribution is -2.31. The van der Waals surface area contributed by atoms with Gasteiger partial charge in [-0.25, -0.2) is 0 Å². The van der Waals surface area contributed by atoms with Crippen LogP contribution in [-0.4, -0.2) is 31.6 Å². The molecule has 1 heterocycles. The monoisotopic (exact) mass is 199 g/mol. The van der Waals surface area contributed by atoms with Crippen molar-refractivity contribution in [3.8, 4) is 0 Å². The van der Waals surface area contributed by atoms with Crippen LogP contribution in [0.5, 0.6) is 0 Å². The van der Waals surface area contributed by atoms with E-state index in [-0.39, 0.29) is 24.3 Å². The third-order valence-electron chi connectivity index (χ3n) is 1.85. The molecule has 0 aromatic rings. The average molecular weight is 199 g/mol. The summed E-state index contributed by atoms with van der Waals surface area (Å²) in [6.45, 7) is 2.07. The van der Waals surface area contributed by atoms with Gasteiger partial charge in [0.2, 0.25) is 5.91 Å². The van der Waals surface area contributed by atoms with E-state index in [1.54, 1.807) is 6.92 Å². The quantitative estimate of drug-likeness (QED) is 0.646. The molecule has 0 bridgehead atoms. The first-order valence-electron chi connectivity index (χ1n) is 4.39. The highest BCUT2D eigenvalue weighted by atomic mass is 16.5. The smallest absolute Gasteiger partial charge is 0.308 e. The summed E-state index contributed by atoms with van der Waals surface area (Å²) in [5, 5.41) is 2.59. The van der Waals surface area contributed by atoms with E-state index in [2.05, 4.69) is 5.32 Å². The maximum atomic E-state index is 11.1. The van der Waals surface area contributed by atoms with Crippen LogP contribution < -0.4 is 5.32 Å². The highest BCUT2D eigenvalue weighted by Crippen LogP contribution is 2.13. The summed E-state index contributed by atoms with van der Waals surface area (Å²) in [7, 11) is 1.46. The SMILES string of the molecule is CCOC(=O)CC1NC(=O)C=C1OC. The van der Waals surface area contributed by atoms with Gasteiger partial charge in [-0.05, 0) is 6.92 Å². The standard InChI is InChI=1S/C9H13NO4/c1-3-14-9(12)4-6-7(13-2)5-8(11)10-6/h5-6H,3-4H2,1-2H3,(H,10,11). The normalized spacial score (nSPS) is 20.0. The van der Waals surface area contributed by atoms with Gasteiger partial charge in [-0.1, -0.05) is 0 Å². The van der Waals surface area contributed by atoms with Gasteiger partial charge < -0.3 is 14.8 Å². The molecular weight excluding hydrogens is 186 g/mol. The summed E-state index contributed by atoms with van der Waals surface area (Å²) < 4.78 is 9.70. The third-order valence-corrected chi connectivity index (χ3v) is 1.85. The molecule has 1 rings (SSSR count). The largest absolute Gasteiger partial charge is 0.499 e. The van der Waals surface area contributed by atoms with E-state index in [0.29, 0.717) is 12.4 Å². The zero-order chi connectivity index (χ0) is 10.6. The van der Waals surface area contributed by atoms with E-state index in [1.165, 1.54) is 13.2 Å². The molecule has 1 unspecified atom stereocenters. The lowest BCUT2D eigenvalue weighted by Gasteiger charge is -2.12. The van der Waals surface area contributed by atoms with E-state index >= 15 is 0 Å². The number of ether oxygens (including phenoxy) is 2. The second kappa shape index (κ2) is 4.64. The van der Waals surface area contributed by atoms with Gasteiger partial charge in [-0.2, -0.15) is 0 Å². The van der Waals surface area contributed by atoms with Crippen molar-refractivity contribution in [2.45, 2.75) is 19.4 Å². The molecule has 1 N–H and O–H groups in total. The zero-order valence-corrected chi connectivity index (χ0v) is 8.20. The van der Waals surface area contributed by atoms with Gasteiger partial charge in [0.25, 0.3) is 0 Å².